The van der Waals surface area contributed by atoms with Crippen molar-refractivity contribution >= 4 is 29.2 Å². The highest BCUT2D eigenvalue weighted by atomic mass is 35.5. The lowest BCUT2D eigenvalue weighted by Gasteiger charge is -2.10. The number of para-hydroxylation sites is 1. The summed E-state index contributed by atoms with van der Waals surface area (Å²) < 4.78 is 10.6. The number of hydrogen-bond acceptors (Lipinski definition) is 4. The van der Waals surface area contributed by atoms with E-state index in [4.69, 9.17) is 21.1 Å². The second-order valence-corrected chi connectivity index (χ2v) is 6.15. The van der Waals surface area contributed by atoms with Crippen LogP contribution in [-0.4, -0.2) is 25.1 Å². The van der Waals surface area contributed by atoms with Gasteiger partial charge in [-0.1, -0.05) is 29.8 Å². The van der Waals surface area contributed by atoms with E-state index in [0.29, 0.717) is 23.7 Å². The highest BCUT2D eigenvalue weighted by Crippen LogP contribution is 2.20. The molecule has 0 bridgehead atoms. The molecular formula is C20H22ClNO4. The summed E-state index contributed by atoms with van der Waals surface area (Å²) in [6.07, 6.45) is 0.671. The molecule has 0 aliphatic carbocycles. The van der Waals surface area contributed by atoms with E-state index >= 15 is 0 Å². The number of ether oxygens (including phenoxy) is 2. The molecular weight excluding hydrogens is 354 g/mol. The van der Waals surface area contributed by atoms with Crippen LogP contribution in [0, 0.1) is 6.92 Å². The fourth-order valence-corrected chi connectivity index (χ4v) is 2.64. The highest BCUT2D eigenvalue weighted by Gasteiger charge is 2.11. The van der Waals surface area contributed by atoms with Gasteiger partial charge in [-0.2, -0.15) is 0 Å². The lowest BCUT2D eigenvalue weighted by Crippen LogP contribution is -2.21. The molecule has 0 saturated heterocycles. The van der Waals surface area contributed by atoms with Crippen molar-refractivity contribution in [3.8, 4) is 5.75 Å². The molecule has 138 valence electrons. The maximum atomic E-state index is 11.9. The fourth-order valence-electron chi connectivity index (χ4n) is 2.42. The van der Waals surface area contributed by atoms with Crippen molar-refractivity contribution < 1.29 is 19.1 Å². The second-order valence-electron chi connectivity index (χ2n) is 5.71. The third-order valence-corrected chi connectivity index (χ3v) is 3.93. The third kappa shape index (κ3) is 6.08. The average molecular weight is 376 g/mol. The molecule has 0 radical (unpaired) electrons. The van der Waals surface area contributed by atoms with Crippen LogP contribution in [0.15, 0.2) is 42.5 Å². The summed E-state index contributed by atoms with van der Waals surface area (Å²) in [6.45, 7) is 3.98. The summed E-state index contributed by atoms with van der Waals surface area (Å²) in [4.78, 5) is 23.8. The van der Waals surface area contributed by atoms with E-state index < -0.39 is 11.9 Å². The third-order valence-electron chi connectivity index (χ3n) is 3.70. The van der Waals surface area contributed by atoms with Gasteiger partial charge >= 0.3 is 5.97 Å². The van der Waals surface area contributed by atoms with Crippen molar-refractivity contribution in [1.29, 1.82) is 0 Å². The van der Waals surface area contributed by atoms with E-state index in [9.17, 15) is 9.59 Å². The van der Waals surface area contributed by atoms with Crippen LogP contribution >= 0.6 is 11.6 Å². The zero-order valence-electron chi connectivity index (χ0n) is 14.9. The molecule has 0 saturated carbocycles. The van der Waals surface area contributed by atoms with Crippen molar-refractivity contribution in [2.45, 2.75) is 26.7 Å². The van der Waals surface area contributed by atoms with Gasteiger partial charge in [0.2, 0.25) is 0 Å². The summed E-state index contributed by atoms with van der Waals surface area (Å²) in [5, 5.41) is 3.29. The van der Waals surface area contributed by atoms with Crippen molar-refractivity contribution in [3.05, 3.63) is 58.6 Å². The molecule has 0 heterocycles. The number of anilines is 1. The summed E-state index contributed by atoms with van der Waals surface area (Å²) in [7, 11) is 0. The Kier molecular flexibility index (Phi) is 7.48. The van der Waals surface area contributed by atoms with Gasteiger partial charge in [-0.25, -0.2) is 0 Å². The molecule has 0 spiro atoms. The SMILES string of the molecule is CCOc1ccccc1CCC(=O)OCC(=O)Nc1ccc(Cl)cc1C. The predicted molar refractivity (Wildman–Crippen MR) is 102 cm³/mol. The molecule has 5 nitrogen and oxygen atoms in total. The molecule has 0 fully saturated rings. The largest absolute Gasteiger partial charge is 0.494 e. The van der Waals surface area contributed by atoms with Crippen molar-refractivity contribution in [1.82, 2.24) is 0 Å². The first-order valence-electron chi connectivity index (χ1n) is 8.42. The molecule has 6 heteroatoms. The summed E-state index contributed by atoms with van der Waals surface area (Å²) in [5.41, 5.74) is 2.42. The molecule has 2 aromatic carbocycles. The second kappa shape index (κ2) is 9.82. The topological polar surface area (TPSA) is 64.6 Å². The number of halogens is 1. The number of amides is 1. The normalized spacial score (nSPS) is 10.3. The highest BCUT2D eigenvalue weighted by molar-refractivity contribution is 6.30. The van der Waals surface area contributed by atoms with E-state index in [1.165, 1.54) is 0 Å². The van der Waals surface area contributed by atoms with Gasteiger partial charge in [0.15, 0.2) is 6.61 Å². The minimum atomic E-state index is -0.431. The first-order chi connectivity index (χ1) is 12.5. The fraction of sp³-hybridized carbons (Fsp3) is 0.300. The lowest BCUT2D eigenvalue weighted by atomic mass is 10.1. The number of hydrogen-bond donors (Lipinski definition) is 1. The summed E-state index contributed by atoms with van der Waals surface area (Å²) >= 11 is 5.88. The van der Waals surface area contributed by atoms with Crippen molar-refractivity contribution in [3.63, 3.8) is 0 Å². The molecule has 0 unspecified atom stereocenters. The molecule has 0 atom stereocenters. The van der Waals surface area contributed by atoms with E-state index in [-0.39, 0.29) is 13.0 Å². The van der Waals surface area contributed by atoms with Crippen LogP contribution in [0.2, 0.25) is 5.02 Å². The molecule has 1 amide bonds. The zero-order chi connectivity index (χ0) is 18.9. The van der Waals surface area contributed by atoms with Crippen LogP contribution in [0.5, 0.6) is 5.75 Å². The maximum Gasteiger partial charge on any atom is 0.306 e. The zero-order valence-corrected chi connectivity index (χ0v) is 15.6. The van der Waals surface area contributed by atoms with Crippen LogP contribution < -0.4 is 10.1 Å². The van der Waals surface area contributed by atoms with Crippen LogP contribution in [0.25, 0.3) is 0 Å². The first-order valence-corrected chi connectivity index (χ1v) is 8.79. The lowest BCUT2D eigenvalue weighted by molar-refractivity contribution is -0.147. The van der Waals surface area contributed by atoms with E-state index in [2.05, 4.69) is 5.32 Å². The van der Waals surface area contributed by atoms with E-state index in [0.717, 1.165) is 16.9 Å². The number of carbonyl (C=O) groups is 2. The quantitative estimate of drug-likeness (QED) is 0.703. The van der Waals surface area contributed by atoms with Crippen LogP contribution in [0.1, 0.15) is 24.5 Å². The van der Waals surface area contributed by atoms with Crippen LogP contribution in [0.3, 0.4) is 0 Å². The van der Waals surface area contributed by atoms with Gasteiger partial charge in [-0.3, -0.25) is 9.59 Å². The Morgan fingerprint density at radius 3 is 2.65 bits per heavy atom. The van der Waals surface area contributed by atoms with E-state index in [1.807, 2.05) is 38.1 Å². The number of aryl methyl sites for hydroxylation is 2. The Morgan fingerprint density at radius 1 is 1.15 bits per heavy atom. The van der Waals surface area contributed by atoms with Gasteiger partial charge in [0.1, 0.15) is 5.75 Å². The number of benzene rings is 2. The molecule has 2 rings (SSSR count). The Morgan fingerprint density at radius 2 is 1.92 bits per heavy atom. The Hall–Kier alpha value is -2.53. The number of esters is 1. The van der Waals surface area contributed by atoms with Crippen molar-refractivity contribution in [2.75, 3.05) is 18.5 Å². The molecule has 0 aliphatic heterocycles. The van der Waals surface area contributed by atoms with Crippen molar-refractivity contribution in [2.24, 2.45) is 0 Å². The maximum absolute atomic E-state index is 11.9. The molecule has 0 aromatic heterocycles. The smallest absolute Gasteiger partial charge is 0.306 e. The van der Waals surface area contributed by atoms with Gasteiger partial charge in [-0.05, 0) is 55.7 Å². The minimum absolute atomic E-state index is 0.178. The molecule has 0 aliphatic rings. The van der Waals surface area contributed by atoms with Gasteiger partial charge in [-0.15, -0.1) is 0 Å². The first kappa shape index (κ1) is 19.8. The molecule has 1 N–H and O–H groups in total. The van der Waals surface area contributed by atoms with Gasteiger partial charge in [0, 0.05) is 17.1 Å². The number of rotatable bonds is 8. The predicted octanol–water partition coefficient (Wildman–Crippen LogP) is 4.16. The minimum Gasteiger partial charge on any atom is -0.494 e. The van der Waals surface area contributed by atoms with Gasteiger partial charge in [0.25, 0.3) is 5.91 Å². The van der Waals surface area contributed by atoms with Crippen LogP contribution in [-0.2, 0) is 20.7 Å². The van der Waals surface area contributed by atoms with E-state index in [1.54, 1.807) is 18.2 Å². The van der Waals surface area contributed by atoms with Crippen LogP contribution in [0.4, 0.5) is 5.69 Å². The Balaban J connectivity index is 1.79. The van der Waals surface area contributed by atoms with Gasteiger partial charge in [0.05, 0.1) is 6.61 Å². The standard InChI is InChI=1S/C20H22ClNO4/c1-3-25-18-7-5-4-6-15(18)8-11-20(24)26-13-19(23)22-17-10-9-16(21)12-14(17)2/h4-7,9-10,12H,3,8,11,13H2,1-2H3,(H,22,23). The number of nitrogens with one attached hydrogen (secondary N) is 1. The average Bonchev–Trinajstić information content (AvgIpc) is 2.62. The summed E-state index contributed by atoms with van der Waals surface area (Å²) in [6, 6.07) is 12.7. The summed E-state index contributed by atoms with van der Waals surface area (Å²) in [5.74, 6) is -0.0588. The monoisotopic (exact) mass is 375 g/mol. The Labute approximate surface area is 158 Å². The Bertz CT molecular complexity index is 776. The number of carbonyl (C=O) groups excluding carboxylic acids is 2. The molecule has 2 aromatic rings. The van der Waals surface area contributed by atoms with Gasteiger partial charge < -0.3 is 14.8 Å². The molecule has 26 heavy (non-hydrogen) atoms.